The molecule has 20 heavy (non-hydrogen) atoms. The average molecular weight is 286 g/mol. The molecule has 0 bridgehead atoms. The lowest BCUT2D eigenvalue weighted by Gasteiger charge is -2.16. The monoisotopic (exact) mass is 286 g/mol. The second-order valence-corrected chi connectivity index (χ2v) is 6.01. The molecular weight excluding hydrogens is 256 g/mol. The van der Waals surface area contributed by atoms with Crippen molar-refractivity contribution >= 4 is 5.97 Å². The fraction of sp³-hybridized carbons (Fsp3) is 0.938. The molecule has 0 radical (unpaired) electrons. The van der Waals surface area contributed by atoms with E-state index in [1.807, 2.05) is 13.8 Å². The summed E-state index contributed by atoms with van der Waals surface area (Å²) in [5.41, 5.74) is 0. The molecule has 1 aliphatic rings. The van der Waals surface area contributed by atoms with E-state index >= 15 is 0 Å². The third-order valence-electron chi connectivity index (χ3n) is 3.48. The molecule has 0 saturated carbocycles. The van der Waals surface area contributed by atoms with Crippen molar-refractivity contribution in [3.8, 4) is 0 Å². The van der Waals surface area contributed by atoms with Gasteiger partial charge in [0.15, 0.2) is 5.79 Å². The molecule has 0 amide bonds. The topological polar surface area (TPSA) is 44.8 Å². The Morgan fingerprint density at radius 2 is 1.80 bits per heavy atom. The molecule has 0 aromatic carbocycles. The van der Waals surface area contributed by atoms with E-state index in [1.165, 1.54) is 32.1 Å². The lowest BCUT2D eigenvalue weighted by molar-refractivity contribution is -0.158. The standard InChI is InChI=1S/C16H30O4/c1-4-5-6-7-8-9-10-11-15(17)18-12-14-13-19-16(2,3)20-14/h14H,4-13H2,1-3H3. The zero-order valence-electron chi connectivity index (χ0n) is 13.3. The van der Waals surface area contributed by atoms with Crippen molar-refractivity contribution in [3.63, 3.8) is 0 Å². The Labute approximate surface area is 123 Å². The molecule has 1 heterocycles. The molecule has 1 aliphatic heterocycles. The maximum atomic E-state index is 11.6. The Morgan fingerprint density at radius 3 is 2.40 bits per heavy atom. The maximum absolute atomic E-state index is 11.6. The predicted molar refractivity (Wildman–Crippen MR) is 78.5 cm³/mol. The van der Waals surface area contributed by atoms with Crippen molar-refractivity contribution < 1.29 is 19.0 Å². The van der Waals surface area contributed by atoms with Crippen LogP contribution in [0.4, 0.5) is 0 Å². The molecule has 0 aromatic heterocycles. The van der Waals surface area contributed by atoms with Gasteiger partial charge in [-0.2, -0.15) is 0 Å². The van der Waals surface area contributed by atoms with E-state index in [0.717, 1.165) is 12.8 Å². The summed E-state index contributed by atoms with van der Waals surface area (Å²) in [6, 6.07) is 0. The van der Waals surface area contributed by atoms with Gasteiger partial charge >= 0.3 is 5.97 Å². The van der Waals surface area contributed by atoms with E-state index < -0.39 is 5.79 Å². The molecule has 4 heteroatoms. The van der Waals surface area contributed by atoms with Gasteiger partial charge in [0.05, 0.1) is 6.61 Å². The molecule has 118 valence electrons. The van der Waals surface area contributed by atoms with E-state index in [4.69, 9.17) is 14.2 Å². The lowest BCUT2D eigenvalue weighted by atomic mass is 10.1. The van der Waals surface area contributed by atoms with Gasteiger partial charge in [-0.3, -0.25) is 4.79 Å². The van der Waals surface area contributed by atoms with E-state index in [1.54, 1.807) is 0 Å². The number of ether oxygens (including phenoxy) is 3. The van der Waals surface area contributed by atoms with Gasteiger partial charge in [0.25, 0.3) is 0 Å². The fourth-order valence-corrected chi connectivity index (χ4v) is 2.33. The highest BCUT2D eigenvalue weighted by molar-refractivity contribution is 5.69. The second kappa shape index (κ2) is 9.35. The van der Waals surface area contributed by atoms with Gasteiger partial charge in [0, 0.05) is 6.42 Å². The Hall–Kier alpha value is -0.610. The molecule has 0 aliphatic carbocycles. The summed E-state index contributed by atoms with van der Waals surface area (Å²) < 4.78 is 16.2. The second-order valence-electron chi connectivity index (χ2n) is 6.01. The van der Waals surface area contributed by atoms with Gasteiger partial charge in [-0.05, 0) is 20.3 Å². The van der Waals surface area contributed by atoms with Crippen LogP contribution in [0.1, 0.15) is 72.1 Å². The summed E-state index contributed by atoms with van der Waals surface area (Å²) in [5, 5.41) is 0. The Bertz CT molecular complexity index is 276. The maximum Gasteiger partial charge on any atom is 0.305 e. The summed E-state index contributed by atoms with van der Waals surface area (Å²) in [4.78, 5) is 11.6. The number of unbranched alkanes of at least 4 members (excludes halogenated alkanes) is 6. The van der Waals surface area contributed by atoms with Crippen molar-refractivity contribution in [2.75, 3.05) is 13.2 Å². The van der Waals surface area contributed by atoms with Crippen LogP contribution in [-0.4, -0.2) is 31.1 Å². The number of carbonyl (C=O) groups excluding carboxylic acids is 1. The van der Waals surface area contributed by atoms with Crippen molar-refractivity contribution in [2.45, 2.75) is 84.0 Å². The first-order chi connectivity index (χ1) is 9.53. The predicted octanol–water partition coefficient (Wildman–Crippen LogP) is 3.82. The summed E-state index contributed by atoms with van der Waals surface area (Å²) >= 11 is 0. The minimum absolute atomic E-state index is 0.119. The normalized spacial score (nSPS) is 21.1. The molecule has 1 fully saturated rings. The fourth-order valence-electron chi connectivity index (χ4n) is 2.33. The Morgan fingerprint density at radius 1 is 1.15 bits per heavy atom. The largest absolute Gasteiger partial charge is 0.463 e. The van der Waals surface area contributed by atoms with Gasteiger partial charge in [-0.1, -0.05) is 45.4 Å². The summed E-state index contributed by atoms with van der Waals surface area (Å²) in [6.07, 6.45) is 8.86. The highest BCUT2D eigenvalue weighted by Crippen LogP contribution is 2.22. The average Bonchev–Trinajstić information content (AvgIpc) is 2.75. The smallest absolute Gasteiger partial charge is 0.305 e. The summed E-state index contributed by atoms with van der Waals surface area (Å²) in [7, 11) is 0. The van der Waals surface area contributed by atoms with Crippen molar-refractivity contribution in [2.24, 2.45) is 0 Å². The summed E-state index contributed by atoms with van der Waals surface area (Å²) in [6.45, 7) is 6.76. The first kappa shape index (κ1) is 17.4. The molecule has 1 rings (SSSR count). The van der Waals surface area contributed by atoms with Crippen LogP contribution in [0, 0.1) is 0 Å². The SMILES string of the molecule is CCCCCCCCCC(=O)OCC1COC(C)(C)O1. The van der Waals surface area contributed by atoms with Crippen LogP contribution in [-0.2, 0) is 19.0 Å². The molecule has 4 nitrogen and oxygen atoms in total. The summed E-state index contributed by atoms with van der Waals surface area (Å²) in [5.74, 6) is -0.665. The molecule has 1 saturated heterocycles. The number of hydrogen-bond donors (Lipinski definition) is 0. The number of rotatable bonds is 10. The lowest BCUT2D eigenvalue weighted by Crippen LogP contribution is -2.25. The van der Waals surface area contributed by atoms with Crippen LogP contribution in [0.3, 0.4) is 0 Å². The zero-order valence-corrected chi connectivity index (χ0v) is 13.3. The van der Waals surface area contributed by atoms with E-state index in [2.05, 4.69) is 6.92 Å². The molecule has 0 aromatic rings. The molecule has 0 N–H and O–H groups in total. The van der Waals surface area contributed by atoms with Gasteiger partial charge in [0.2, 0.25) is 0 Å². The zero-order chi connectivity index (χ0) is 14.8. The van der Waals surface area contributed by atoms with E-state index in [9.17, 15) is 4.79 Å². The number of hydrogen-bond acceptors (Lipinski definition) is 4. The van der Waals surface area contributed by atoms with Gasteiger partial charge in [0.1, 0.15) is 12.7 Å². The first-order valence-electron chi connectivity index (χ1n) is 8.01. The number of esters is 1. The van der Waals surface area contributed by atoms with E-state index in [0.29, 0.717) is 19.6 Å². The van der Waals surface area contributed by atoms with Crippen LogP contribution in [0.25, 0.3) is 0 Å². The third-order valence-corrected chi connectivity index (χ3v) is 3.48. The Kier molecular flexibility index (Phi) is 8.15. The molecule has 1 atom stereocenters. The van der Waals surface area contributed by atoms with Gasteiger partial charge in [-0.25, -0.2) is 0 Å². The van der Waals surface area contributed by atoms with Crippen LogP contribution >= 0.6 is 0 Å². The van der Waals surface area contributed by atoms with Crippen LogP contribution < -0.4 is 0 Å². The van der Waals surface area contributed by atoms with Crippen LogP contribution in [0.5, 0.6) is 0 Å². The molecule has 1 unspecified atom stereocenters. The minimum atomic E-state index is -0.546. The molecule has 0 spiro atoms. The highest BCUT2D eigenvalue weighted by atomic mass is 16.7. The van der Waals surface area contributed by atoms with Crippen molar-refractivity contribution in [1.29, 1.82) is 0 Å². The van der Waals surface area contributed by atoms with Crippen molar-refractivity contribution in [3.05, 3.63) is 0 Å². The van der Waals surface area contributed by atoms with Gasteiger partial charge < -0.3 is 14.2 Å². The molecular formula is C16H30O4. The highest BCUT2D eigenvalue weighted by Gasteiger charge is 2.33. The Balaban J connectivity index is 1.93. The minimum Gasteiger partial charge on any atom is -0.463 e. The third kappa shape index (κ3) is 7.85. The van der Waals surface area contributed by atoms with E-state index in [-0.39, 0.29) is 12.1 Å². The van der Waals surface area contributed by atoms with Crippen LogP contribution in [0.15, 0.2) is 0 Å². The van der Waals surface area contributed by atoms with Gasteiger partial charge in [-0.15, -0.1) is 0 Å². The van der Waals surface area contributed by atoms with Crippen LogP contribution in [0.2, 0.25) is 0 Å². The number of carbonyl (C=O) groups is 1. The van der Waals surface area contributed by atoms with Crippen molar-refractivity contribution in [1.82, 2.24) is 0 Å². The first-order valence-corrected chi connectivity index (χ1v) is 8.01. The quantitative estimate of drug-likeness (QED) is 0.452.